The van der Waals surface area contributed by atoms with Gasteiger partial charge in [0.2, 0.25) is 0 Å². The molecule has 0 spiro atoms. The summed E-state index contributed by atoms with van der Waals surface area (Å²) in [6, 6.07) is 0. The molecule has 0 saturated carbocycles. The van der Waals surface area contributed by atoms with Gasteiger partial charge in [-0.05, 0) is 13.3 Å². The van der Waals surface area contributed by atoms with E-state index in [1.54, 1.807) is 0 Å². The van der Waals surface area contributed by atoms with Crippen LogP contribution in [0.5, 0.6) is 0 Å². The SMILES string of the molecule is C=C(C)C(=O)OCCCC(F)(F)C(F)(F)C(F)(F)CCC. The van der Waals surface area contributed by atoms with Gasteiger partial charge in [0.05, 0.1) is 6.61 Å². The first-order valence-corrected chi connectivity index (χ1v) is 6.35. The van der Waals surface area contributed by atoms with Gasteiger partial charge in [-0.1, -0.05) is 19.9 Å². The van der Waals surface area contributed by atoms with Gasteiger partial charge in [0.15, 0.2) is 0 Å². The smallest absolute Gasteiger partial charge is 0.371 e. The Balaban J connectivity index is 4.60. The molecule has 0 N–H and O–H groups in total. The van der Waals surface area contributed by atoms with Gasteiger partial charge >= 0.3 is 23.7 Å². The van der Waals surface area contributed by atoms with Crippen LogP contribution in [0.2, 0.25) is 0 Å². The Morgan fingerprint density at radius 2 is 1.52 bits per heavy atom. The molecule has 0 bridgehead atoms. The van der Waals surface area contributed by atoms with Gasteiger partial charge in [0.25, 0.3) is 0 Å². The summed E-state index contributed by atoms with van der Waals surface area (Å²) in [5, 5.41) is 0. The molecule has 21 heavy (non-hydrogen) atoms. The van der Waals surface area contributed by atoms with Gasteiger partial charge in [-0.25, -0.2) is 4.79 Å². The molecule has 0 heterocycles. The van der Waals surface area contributed by atoms with Crippen molar-refractivity contribution in [3.05, 3.63) is 12.2 Å². The third-order valence-corrected chi connectivity index (χ3v) is 2.70. The van der Waals surface area contributed by atoms with Gasteiger partial charge in [-0.15, -0.1) is 0 Å². The summed E-state index contributed by atoms with van der Waals surface area (Å²) in [5.41, 5.74) is 0.0153. The lowest BCUT2D eigenvalue weighted by atomic mass is 9.97. The van der Waals surface area contributed by atoms with Crippen LogP contribution in [0.15, 0.2) is 12.2 Å². The van der Waals surface area contributed by atoms with E-state index in [2.05, 4.69) is 11.3 Å². The molecule has 0 rings (SSSR count). The zero-order valence-electron chi connectivity index (χ0n) is 11.8. The van der Waals surface area contributed by atoms with Crippen molar-refractivity contribution in [2.75, 3.05) is 6.61 Å². The summed E-state index contributed by atoms with van der Waals surface area (Å²) in [5.74, 6) is -16.0. The molecular formula is C13H18F6O2. The molecule has 0 aliphatic carbocycles. The highest BCUT2D eigenvalue weighted by atomic mass is 19.3. The minimum absolute atomic E-state index is 0.0153. The molecule has 0 radical (unpaired) electrons. The molecule has 124 valence electrons. The number of hydrogen-bond acceptors (Lipinski definition) is 2. The number of hydrogen-bond donors (Lipinski definition) is 0. The zero-order valence-corrected chi connectivity index (χ0v) is 11.8. The van der Waals surface area contributed by atoms with Crippen LogP contribution in [0.3, 0.4) is 0 Å². The van der Waals surface area contributed by atoms with Crippen LogP contribution in [0.4, 0.5) is 26.3 Å². The first kappa shape index (κ1) is 19.8. The van der Waals surface area contributed by atoms with E-state index in [0.29, 0.717) is 0 Å². The van der Waals surface area contributed by atoms with Crippen molar-refractivity contribution in [1.82, 2.24) is 0 Å². The first-order valence-electron chi connectivity index (χ1n) is 6.35. The molecule has 0 fully saturated rings. The molecule has 0 aliphatic rings. The molecule has 0 aromatic rings. The van der Waals surface area contributed by atoms with E-state index in [9.17, 15) is 31.1 Å². The highest BCUT2D eigenvalue weighted by molar-refractivity contribution is 5.86. The van der Waals surface area contributed by atoms with Crippen LogP contribution in [-0.4, -0.2) is 30.3 Å². The van der Waals surface area contributed by atoms with E-state index in [1.807, 2.05) is 0 Å². The maximum Gasteiger partial charge on any atom is 0.371 e. The van der Waals surface area contributed by atoms with Crippen molar-refractivity contribution >= 4 is 5.97 Å². The lowest BCUT2D eigenvalue weighted by molar-refractivity contribution is -0.312. The van der Waals surface area contributed by atoms with E-state index in [1.165, 1.54) is 13.8 Å². The lowest BCUT2D eigenvalue weighted by Crippen LogP contribution is -2.54. The third kappa shape index (κ3) is 4.93. The van der Waals surface area contributed by atoms with E-state index < -0.39 is 49.6 Å². The van der Waals surface area contributed by atoms with Crippen molar-refractivity contribution in [2.45, 2.75) is 57.3 Å². The predicted octanol–water partition coefficient (Wildman–Crippen LogP) is 4.59. The molecule has 0 atom stereocenters. The molecule has 0 unspecified atom stereocenters. The number of alkyl halides is 6. The molecule has 2 nitrogen and oxygen atoms in total. The van der Waals surface area contributed by atoms with Gasteiger partial charge in [-0.3, -0.25) is 0 Å². The van der Waals surface area contributed by atoms with Gasteiger partial charge in [-0.2, -0.15) is 26.3 Å². The van der Waals surface area contributed by atoms with Crippen molar-refractivity contribution in [2.24, 2.45) is 0 Å². The number of carbonyl (C=O) groups excluding carboxylic acids is 1. The van der Waals surface area contributed by atoms with Crippen LogP contribution < -0.4 is 0 Å². The quantitative estimate of drug-likeness (QED) is 0.269. The van der Waals surface area contributed by atoms with Crippen LogP contribution in [0.25, 0.3) is 0 Å². The fourth-order valence-corrected chi connectivity index (χ4v) is 1.48. The second-order valence-corrected chi connectivity index (χ2v) is 4.75. The summed E-state index contributed by atoms with van der Waals surface area (Å²) in [6.45, 7) is 5.17. The van der Waals surface area contributed by atoms with E-state index in [-0.39, 0.29) is 12.0 Å². The zero-order chi connectivity index (χ0) is 16.9. The Labute approximate surface area is 119 Å². The summed E-state index contributed by atoms with van der Waals surface area (Å²) in [4.78, 5) is 10.9. The number of ether oxygens (including phenoxy) is 1. The normalized spacial score (nSPS) is 13.1. The van der Waals surface area contributed by atoms with Crippen LogP contribution in [-0.2, 0) is 9.53 Å². The summed E-state index contributed by atoms with van der Waals surface area (Å²) in [7, 11) is 0. The largest absolute Gasteiger partial charge is 0.462 e. The topological polar surface area (TPSA) is 26.3 Å². The summed E-state index contributed by atoms with van der Waals surface area (Å²) >= 11 is 0. The Morgan fingerprint density at radius 3 is 1.95 bits per heavy atom. The molecule has 0 aliphatic heterocycles. The van der Waals surface area contributed by atoms with Crippen LogP contribution in [0.1, 0.15) is 39.5 Å². The van der Waals surface area contributed by atoms with Crippen molar-refractivity contribution in [3.8, 4) is 0 Å². The van der Waals surface area contributed by atoms with E-state index >= 15 is 0 Å². The molecular weight excluding hydrogens is 302 g/mol. The highest BCUT2D eigenvalue weighted by Gasteiger charge is 2.70. The van der Waals surface area contributed by atoms with Crippen molar-refractivity contribution in [1.29, 1.82) is 0 Å². The minimum Gasteiger partial charge on any atom is -0.462 e. The minimum atomic E-state index is -5.45. The lowest BCUT2D eigenvalue weighted by Gasteiger charge is -2.32. The third-order valence-electron chi connectivity index (χ3n) is 2.70. The average Bonchev–Trinajstić information content (AvgIpc) is 2.33. The number of halogens is 6. The fourth-order valence-electron chi connectivity index (χ4n) is 1.48. The molecule has 8 heteroatoms. The Hall–Kier alpha value is -1.21. The number of carbonyl (C=O) groups is 1. The standard InChI is InChI=1S/C13H18F6O2/c1-4-6-11(14,15)13(18,19)12(16,17)7-5-8-21-10(20)9(2)3/h2,4-8H2,1,3H3. The molecule has 0 amide bonds. The van der Waals surface area contributed by atoms with Gasteiger partial charge in [0, 0.05) is 18.4 Å². The predicted molar refractivity (Wildman–Crippen MR) is 64.8 cm³/mol. The maximum atomic E-state index is 13.3. The van der Waals surface area contributed by atoms with Crippen LogP contribution in [0, 0.1) is 0 Å². The van der Waals surface area contributed by atoms with E-state index in [4.69, 9.17) is 0 Å². The Morgan fingerprint density at radius 1 is 1.05 bits per heavy atom. The first-order chi connectivity index (χ1) is 9.39. The van der Waals surface area contributed by atoms with Gasteiger partial charge in [0.1, 0.15) is 0 Å². The van der Waals surface area contributed by atoms with Crippen LogP contribution >= 0.6 is 0 Å². The number of rotatable bonds is 9. The number of esters is 1. The summed E-state index contributed by atoms with van der Waals surface area (Å²) in [6.07, 6.45) is -3.86. The summed E-state index contributed by atoms with van der Waals surface area (Å²) < 4.78 is 83.8. The highest BCUT2D eigenvalue weighted by Crippen LogP contribution is 2.49. The van der Waals surface area contributed by atoms with E-state index in [0.717, 1.165) is 0 Å². The second kappa shape index (κ2) is 7.17. The second-order valence-electron chi connectivity index (χ2n) is 4.75. The van der Waals surface area contributed by atoms with Crippen molar-refractivity contribution in [3.63, 3.8) is 0 Å². The average molecular weight is 320 g/mol. The Kier molecular flexibility index (Phi) is 6.76. The fraction of sp³-hybridized carbons (Fsp3) is 0.769. The monoisotopic (exact) mass is 320 g/mol. The molecule has 0 aromatic heterocycles. The van der Waals surface area contributed by atoms with Crippen molar-refractivity contribution < 1.29 is 35.9 Å². The Bertz CT molecular complexity index is 379. The van der Waals surface area contributed by atoms with Gasteiger partial charge < -0.3 is 4.74 Å². The molecule has 0 aromatic carbocycles. The maximum absolute atomic E-state index is 13.3. The molecule has 0 saturated heterocycles.